The van der Waals surface area contributed by atoms with Crippen LogP contribution in [0.25, 0.3) is 10.9 Å². The van der Waals surface area contributed by atoms with Crippen LogP contribution in [0.4, 0.5) is 5.82 Å². The molecule has 1 aromatic carbocycles. The Balaban J connectivity index is 1.74. The van der Waals surface area contributed by atoms with Crippen LogP contribution in [0.15, 0.2) is 36.5 Å². The number of anilines is 1. The van der Waals surface area contributed by atoms with E-state index in [2.05, 4.69) is 39.7 Å². The van der Waals surface area contributed by atoms with Gasteiger partial charge in [0.15, 0.2) is 0 Å². The standard InChI is InChI=1S/C16H18N4/c1-20-10-9-15(19-20)17-14-8-4-6-12-11-5-2-3-7-13(11)18-16(12)14/h2-3,5,7,9-10,14,18H,4,6,8H2,1H3,(H,17,19). The predicted molar refractivity (Wildman–Crippen MR) is 80.8 cm³/mol. The van der Waals surface area contributed by atoms with Gasteiger partial charge in [0.2, 0.25) is 0 Å². The second kappa shape index (κ2) is 4.40. The molecule has 4 rings (SSSR count). The molecule has 1 unspecified atom stereocenters. The third kappa shape index (κ3) is 1.80. The summed E-state index contributed by atoms with van der Waals surface area (Å²) in [6, 6.07) is 10.9. The summed E-state index contributed by atoms with van der Waals surface area (Å²) in [6.07, 6.45) is 5.51. The van der Waals surface area contributed by atoms with Crippen molar-refractivity contribution in [1.29, 1.82) is 0 Å². The van der Waals surface area contributed by atoms with Crippen molar-refractivity contribution in [1.82, 2.24) is 14.8 Å². The normalized spacial score (nSPS) is 18.1. The number of fused-ring (bicyclic) bond motifs is 3. The van der Waals surface area contributed by atoms with E-state index in [1.807, 2.05) is 24.0 Å². The van der Waals surface area contributed by atoms with Crippen LogP contribution in [0.1, 0.15) is 30.1 Å². The maximum absolute atomic E-state index is 4.42. The predicted octanol–water partition coefficient (Wildman–Crippen LogP) is 3.39. The lowest BCUT2D eigenvalue weighted by molar-refractivity contribution is 0.589. The Labute approximate surface area is 117 Å². The minimum absolute atomic E-state index is 0.334. The molecule has 20 heavy (non-hydrogen) atoms. The van der Waals surface area contributed by atoms with Gasteiger partial charge in [-0.15, -0.1) is 0 Å². The van der Waals surface area contributed by atoms with Gasteiger partial charge < -0.3 is 10.3 Å². The molecule has 4 heteroatoms. The van der Waals surface area contributed by atoms with Crippen LogP contribution in [-0.2, 0) is 13.5 Å². The van der Waals surface area contributed by atoms with Gasteiger partial charge in [0, 0.05) is 35.9 Å². The molecule has 0 saturated heterocycles. The summed E-state index contributed by atoms with van der Waals surface area (Å²) in [5.74, 6) is 0.948. The molecule has 0 amide bonds. The number of H-pyrrole nitrogens is 1. The quantitative estimate of drug-likeness (QED) is 0.747. The lowest BCUT2D eigenvalue weighted by Crippen LogP contribution is -2.17. The van der Waals surface area contributed by atoms with Gasteiger partial charge in [0.05, 0.1) is 6.04 Å². The number of para-hydroxylation sites is 1. The Morgan fingerprint density at radius 3 is 3.05 bits per heavy atom. The summed E-state index contributed by atoms with van der Waals surface area (Å²) in [5, 5.41) is 9.35. The molecule has 0 aliphatic heterocycles. The molecule has 2 aromatic heterocycles. The molecular weight excluding hydrogens is 248 g/mol. The van der Waals surface area contributed by atoms with Crippen molar-refractivity contribution >= 4 is 16.7 Å². The van der Waals surface area contributed by atoms with Crippen molar-refractivity contribution in [2.24, 2.45) is 7.05 Å². The number of aromatic amines is 1. The molecule has 2 N–H and O–H groups in total. The van der Waals surface area contributed by atoms with Gasteiger partial charge in [-0.25, -0.2) is 0 Å². The number of hydrogen-bond acceptors (Lipinski definition) is 2. The molecule has 0 bridgehead atoms. The zero-order chi connectivity index (χ0) is 13.5. The number of aromatic nitrogens is 3. The molecule has 0 spiro atoms. The minimum atomic E-state index is 0.334. The molecule has 1 aliphatic rings. The number of benzene rings is 1. The van der Waals surface area contributed by atoms with Gasteiger partial charge in [-0.3, -0.25) is 4.68 Å². The summed E-state index contributed by atoms with van der Waals surface area (Å²) in [6.45, 7) is 0. The first kappa shape index (κ1) is 11.6. The molecule has 0 fully saturated rings. The minimum Gasteiger partial charge on any atom is -0.360 e. The van der Waals surface area contributed by atoms with E-state index in [0.29, 0.717) is 6.04 Å². The topological polar surface area (TPSA) is 45.6 Å². The number of nitrogens with zero attached hydrogens (tertiary/aromatic N) is 2. The summed E-state index contributed by atoms with van der Waals surface area (Å²) in [5.41, 5.74) is 4.05. The fraction of sp³-hybridized carbons (Fsp3) is 0.312. The van der Waals surface area contributed by atoms with Gasteiger partial charge in [-0.2, -0.15) is 5.10 Å². The summed E-state index contributed by atoms with van der Waals surface area (Å²) < 4.78 is 1.83. The van der Waals surface area contributed by atoms with E-state index < -0.39 is 0 Å². The highest BCUT2D eigenvalue weighted by molar-refractivity contribution is 5.85. The third-order valence-electron chi connectivity index (χ3n) is 4.15. The van der Waals surface area contributed by atoms with Gasteiger partial charge in [0.25, 0.3) is 0 Å². The van der Waals surface area contributed by atoms with E-state index in [1.165, 1.54) is 35.0 Å². The maximum Gasteiger partial charge on any atom is 0.148 e. The van der Waals surface area contributed by atoms with Gasteiger partial charge >= 0.3 is 0 Å². The average Bonchev–Trinajstić information content (AvgIpc) is 3.03. The van der Waals surface area contributed by atoms with Crippen molar-refractivity contribution in [3.05, 3.63) is 47.8 Å². The number of hydrogen-bond donors (Lipinski definition) is 2. The number of nitrogens with one attached hydrogen (secondary N) is 2. The van der Waals surface area contributed by atoms with Crippen LogP contribution < -0.4 is 5.32 Å². The van der Waals surface area contributed by atoms with Gasteiger partial charge in [-0.1, -0.05) is 18.2 Å². The summed E-state index contributed by atoms with van der Waals surface area (Å²) >= 11 is 0. The van der Waals surface area contributed by atoms with Crippen LogP contribution in [0, 0.1) is 0 Å². The van der Waals surface area contributed by atoms with Crippen molar-refractivity contribution in [2.45, 2.75) is 25.3 Å². The maximum atomic E-state index is 4.42. The molecule has 3 aromatic rings. The van der Waals surface area contributed by atoms with Crippen LogP contribution in [0.3, 0.4) is 0 Å². The summed E-state index contributed by atoms with van der Waals surface area (Å²) in [4.78, 5) is 3.60. The number of rotatable bonds is 2. The van der Waals surface area contributed by atoms with E-state index in [1.54, 1.807) is 0 Å². The van der Waals surface area contributed by atoms with Crippen LogP contribution in [0.5, 0.6) is 0 Å². The smallest absolute Gasteiger partial charge is 0.148 e. The van der Waals surface area contributed by atoms with Crippen molar-refractivity contribution in [2.75, 3.05) is 5.32 Å². The Kier molecular flexibility index (Phi) is 2.55. The molecule has 2 heterocycles. The first-order valence-electron chi connectivity index (χ1n) is 7.17. The third-order valence-corrected chi connectivity index (χ3v) is 4.15. The van der Waals surface area contributed by atoms with Crippen LogP contribution >= 0.6 is 0 Å². The SMILES string of the molecule is Cn1ccc(NC2CCCc3c2[nH]c2ccccc32)n1. The molecule has 1 aliphatic carbocycles. The Hall–Kier alpha value is -2.23. The van der Waals surface area contributed by atoms with E-state index in [9.17, 15) is 0 Å². The first-order chi connectivity index (χ1) is 9.81. The average molecular weight is 266 g/mol. The Morgan fingerprint density at radius 2 is 2.20 bits per heavy atom. The Morgan fingerprint density at radius 1 is 1.30 bits per heavy atom. The van der Waals surface area contributed by atoms with E-state index in [-0.39, 0.29) is 0 Å². The highest BCUT2D eigenvalue weighted by atomic mass is 15.3. The van der Waals surface area contributed by atoms with Crippen LogP contribution in [0.2, 0.25) is 0 Å². The van der Waals surface area contributed by atoms with E-state index >= 15 is 0 Å². The van der Waals surface area contributed by atoms with Crippen LogP contribution in [-0.4, -0.2) is 14.8 Å². The molecular formula is C16H18N4. The van der Waals surface area contributed by atoms with E-state index in [0.717, 1.165) is 12.2 Å². The van der Waals surface area contributed by atoms with Crippen molar-refractivity contribution in [3.63, 3.8) is 0 Å². The molecule has 102 valence electrons. The van der Waals surface area contributed by atoms with Crippen molar-refractivity contribution in [3.8, 4) is 0 Å². The monoisotopic (exact) mass is 266 g/mol. The van der Waals surface area contributed by atoms with Crippen molar-refractivity contribution < 1.29 is 0 Å². The lowest BCUT2D eigenvalue weighted by atomic mass is 9.92. The number of aryl methyl sites for hydroxylation is 2. The second-order valence-corrected chi connectivity index (χ2v) is 5.53. The molecule has 4 nitrogen and oxygen atoms in total. The summed E-state index contributed by atoms with van der Waals surface area (Å²) in [7, 11) is 1.94. The highest BCUT2D eigenvalue weighted by Gasteiger charge is 2.24. The molecule has 0 radical (unpaired) electrons. The molecule has 0 saturated carbocycles. The largest absolute Gasteiger partial charge is 0.360 e. The van der Waals surface area contributed by atoms with E-state index in [4.69, 9.17) is 0 Å². The second-order valence-electron chi connectivity index (χ2n) is 5.53. The zero-order valence-corrected chi connectivity index (χ0v) is 11.6. The Bertz CT molecular complexity index is 753. The fourth-order valence-electron chi connectivity index (χ4n) is 3.23. The first-order valence-corrected chi connectivity index (χ1v) is 7.17. The molecule has 1 atom stereocenters. The van der Waals surface area contributed by atoms with Gasteiger partial charge in [0.1, 0.15) is 5.82 Å². The fourth-order valence-corrected chi connectivity index (χ4v) is 3.23. The lowest BCUT2D eigenvalue weighted by Gasteiger charge is -2.23. The van der Waals surface area contributed by atoms with Gasteiger partial charge in [-0.05, 0) is 30.9 Å². The highest BCUT2D eigenvalue weighted by Crippen LogP contribution is 2.36. The zero-order valence-electron chi connectivity index (χ0n) is 11.6.